The molecule has 1 fully saturated rings. The first-order valence-corrected chi connectivity index (χ1v) is 5.64. The van der Waals surface area contributed by atoms with Gasteiger partial charge in [-0.1, -0.05) is 20.3 Å². The Morgan fingerprint density at radius 2 is 2.14 bits per heavy atom. The van der Waals surface area contributed by atoms with Crippen molar-refractivity contribution < 1.29 is 9.59 Å². The highest BCUT2D eigenvalue weighted by Crippen LogP contribution is 2.24. The molecule has 0 saturated heterocycles. The fourth-order valence-electron chi connectivity index (χ4n) is 2.08. The van der Waals surface area contributed by atoms with Gasteiger partial charge in [0.25, 0.3) is 0 Å². The van der Waals surface area contributed by atoms with Crippen LogP contribution in [0.2, 0.25) is 0 Å². The van der Waals surface area contributed by atoms with Gasteiger partial charge in [0.15, 0.2) is 0 Å². The molecule has 1 aliphatic carbocycles. The molecule has 0 N–H and O–H groups in total. The zero-order valence-corrected chi connectivity index (χ0v) is 9.21. The van der Waals surface area contributed by atoms with Crippen LogP contribution in [0.5, 0.6) is 0 Å². The van der Waals surface area contributed by atoms with Gasteiger partial charge in [-0.2, -0.15) is 0 Å². The highest BCUT2D eigenvalue weighted by Gasteiger charge is 2.24. The van der Waals surface area contributed by atoms with E-state index >= 15 is 0 Å². The van der Waals surface area contributed by atoms with E-state index in [2.05, 4.69) is 0 Å². The second-order valence-corrected chi connectivity index (χ2v) is 4.75. The molecule has 0 heterocycles. The highest BCUT2D eigenvalue weighted by molar-refractivity contribution is 5.88. The molecule has 1 rings (SSSR count). The van der Waals surface area contributed by atoms with Crippen LogP contribution in [0.4, 0.5) is 0 Å². The Kier molecular flexibility index (Phi) is 4.30. The Morgan fingerprint density at radius 1 is 1.43 bits per heavy atom. The van der Waals surface area contributed by atoms with E-state index in [0.717, 1.165) is 19.3 Å². The lowest BCUT2D eigenvalue weighted by Crippen LogP contribution is -2.22. The summed E-state index contributed by atoms with van der Waals surface area (Å²) in [5, 5.41) is 0. The van der Waals surface area contributed by atoms with Crippen LogP contribution in [0.15, 0.2) is 0 Å². The first kappa shape index (κ1) is 11.4. The molecule has 80 valence electrons. The van der Waals surface area contributed by atoms with E-state index in [1.807, 2.05) is 13.8 Å². The van der Waals surface area contributed by atoms with Crippen molar-refractivity contribution >= 4 is 11.6 Å². The molecule has 0 aromatic heterocycles. The lowest BCUT2D eigenvalue weighted by molar-refractivity contribution is -0.129. The summed E-state index contributed by atoms with van der Waals surface area (Å²) in [6, 6.07) is 0. The van der Waals surface area contributed by atoms with Gasteiger partial charge in [0, 0.05) is 25.2 Å². The fraction of sp³-hybridized carbons (Fsp3) is 0.833. The third kappa shape index (κ3) is 3.60. The summed E-state index contributed by atoms with van der Waals surface area (Å²) in [6.45, 7) is 4.08. The third-order valence-electron chi connectivity index (χ3n) is 2.79. The number of rotatable bonds is 4. The maximum absolute atomic E-state index is 11.5. The van der Waals surface area contributed by atoms with Crippen LogP contribution in [0.3, 0.4) is 0 Å². The molecular weight excluding hydrogens is 176 g/mol. The molecule has 14 heavy (non-hydrogen) atoms. The summed E-state index contributed by atoms with van der Waals surface area (Å²) < 4.78 is 0. The van der Waals surface area contributed by atoms with Gasteiger partial charge in [0.2, 0.25) is 0 Å². The van der Waals surface area contributed by atoms with Crippen LogP contribution in [-0.2, 0) is 9.59 Å². The molecule has 1 aliphatic rings. The molecule has 0 aromatic rings. The molecule has 0 amide bonds. The minimum Gasteiger partial charge on any atom is -0.300 e. The monoisotopic (exact) mass is 196 g/mol. The Bertz CT molecular complexity index is 218. The average molecular weight is 196 g/mol. The Hall–Kier alpha value is -0.660. The molecule has 2 nitrogen and oxygen atoms in total. The summed E-state index contributed by atoms with van der Waals surface area (Å²) >= 11 is 0. The predicted molar refractivity (Wildman–Crippen MR) is 56.0 cm³/mol. The van der Waals surface area contributed by atoms with Crippen molar-refractivity contribution in [1.29, 1.82) is 0 Å². The van der Waals surface area contributed by atoms with E-state index in [1.54, 1.807) is 0 Å². The van der Waals surface area contributed by atoms with Crippen LogP contribution in [0, 0.1) is 11.8 Å². The van der Waals surface area contributed by atoms with Crippen LogP contribution in [-0.4, -0.2) is 11.6 Å². The van der Waals surface area contributed by atoms with Crippen molar-refractivity contribution in [2.75, 3.05) is 0 Å². The van der Waals surface area contributed by atoms with Crippen molar-refractivity contribution in [1.82, 2.24) is 0 Å². The van der Waals surface area contributed by atoms with Crippen LogP contribution in [0.25, 0.3) is 0 Å². The quantitative estimate of drug-likeness (QED) is 0.692. The number of ketones is 2. The lowest BCUT2D eigenvalue weighted by Gasteiger charge is -2.19. The Balaban J connectivity index is 2.34. The third-order valence-corrected chi connectivity index (χ3v) is 2.79. The molecular formula is C12H20O2. The second kappa shape index (κ2) is 5.28. The van der Waals surface area contributed by atoms with Crippen molar-refractivity contribution in [3.63, 3.8) is 0 Å². The van der Waals surface area contributed by atoms with E-state index in [4.69, 9.17) is 0 Å². The number of hydrogen-bond donors (Lipinski definition) is 0. The van der Waals surface area contributed by atoms with Crippen molar-refractivity contribution in [2.24, 2.45) is 11.8 Å². The van der Waals surface area contributed by atoms with E-state index in [0.29, 0.717) is 31.0 Å². The van der Waals surface area contributed by atoms with Gasteiger partial charge < -0.3 is 0 Å². The predicted octanol–water partition coefficient (Wildman–Crippen LogP) is 2.75. The minimum atomic E-state index is 0.0509. The van der Waals surface area contributed by atoms with E-state index in [-0.39, 0.29) is 11.7 Å². The van der Waals surface area contributed by atoms with E-state index in [9.17, 15) is 9.59 Å². The standard InChI is InChI=1S/C12H20O2/c1-9(2)7-11(13)8-10-5-3-4-6-12(10)14/h9-10H,3-8H2,1-2H3. The van der Waals surface area contributed by atoms with Crippen molar-refractivity contribution in [3.8, 4) is 0 Å². The van der Waals surface area contributed by atoms with E-state index in [1.165, 1.54) is 0 Å². The summed E-state index contributed by atoms with van der Waals surface area (Å²) in [5.74, 6) is 1.05. The van der Waals surface area contributed by atoms with Crippen LogP contribution < -0.4 is 0 Å². The molecule has 0 aromatic carbocycles. The van der Waals surface area contributed by atoms with Gasteiger partial charge in [-0.25, -0.2) is 0 Å². The molecule has 2 heteroatoms. The van der Waals surface area contributed by atoms with Gasteiger partial charge in [-0.3, -0.25) is 9.59 Å². The number of carbonyl (C=O) groups is 2. The maximum Gasteiger partial charge on any atom is 0.136 e. The molecule has 0 aliphatic heterocycles. The molecule has 1 unspecified atom stereocenters. The summed E-state index contributed by atoms with van der Waals surface area (Å²) in [4.78, 5) is 23.0. The van der Waals surface area contributed by atoms with Gasteiger partial charge in [0.05, 0.1) is 0 Å². The SMILES string of the molecule is CC(C)CC(=O)CC1CCCCC1=O. The smallest absolute Gasteiger partial charge is 0.136 e. The highest BCUT2D eigenvalue weighted by atomic mass is 16.1. The first-order valence-electron chi connectivity index (χ1n) is 5.64. The molecule has 0 radical (unpaired) electrons. The maximum atomic E-state index is 11.5. The summed E-state index contributed by atoms with van der Waals surface area (Å²) in [6.07, 6.45) is 4.89. The lowest BCUT2D eigenvalue weighted by atomic mass is 9.83. The van der Waals surface area contributed by atoms with Gasteiger partial charge in [-0.15, -0.1) is 0 Å². The number of carbonyl (C=O) groups excluding carboxylic acids is 2. The fourth-order valence-corrected chi connectivity index (χ4v) is 2.08. The topological polar surface area (TPSA) is 34.1 Å². The van der Waals surface area contributed by atoms with Gasteiger partial charge in [-0.05, 0) is 18.8 Å². The second-order valence-electron chi connectivity index (χ2n) is 4.75. The van der Waals surface area contributed by atoms with Gasteiger partial charge >= 0.3 is 0 Å². The normalized spacial score (nSPS) is 22.8. The number of Topliss-reactive ketones (excluding diaryl/α,β-unsaturated/α-hetero) is 2. The summed E-state index contributed by atoms with van der Waals surface area (Å²) in [5.41, 5.74) is 0. The molecule has 1 atom stereocenters. The summed E-state index contributed by atoms with van der Waals surface area (Å²) in [7, 11) is 0. The zero-order chi connectivity index (χ0) is 10.6. The Labute approximate surface area is 86.1 Å². The van der Waals surface area contributed by atoms with Gasteiger partial charge in [0.1, 0.15) is 11.6 Å². The average Bonchev–Trinajstić information content (AvgIpc) is 2.07. The molecule has 0 bridgehead atoms. The van der Waals surface area contributed by atoms with E-state index < -0.39 is 0 Å². The first-order chi connectivity index (χ1) is 6.59. The number of hydrogen-bond acceptors (Lipinski definition) is 2. The minimum absolute atomic E-state index is 0.0509. The largest absolute Gasteiger partial charge is 0.300 e. The Morgan fingerprint density at radius 3 is 2.71 bits per heavy atom. The van der Waals surface area contributed by atoms with Crippen molar-refractivity contribution in [2.45, 2.75) is 52.4 Å². The molecule has 1 saturated carbocycles. The molecule has 0 spiro atoms. The van der Waals surface area contributed by atoms with Crippen LogP contribution >= 0.6 is 0 Å². The van der Waals surface area contributed by atoms with Crippen LogP contribution in [0.1, 0.15) is 52.4 Å². The zero-order valence-electron chi connectivity index (χ0n) is 9.21. The van der Waals surface area contributed by atoms with Crippen molar-refractivity contribution in [3.05, 3.63) is 0 Å².